The van der Waals surface area contributed by atoms with Crippen LogP contribution in [0.25, 0.3) is 33.7 Å². The van der Waals surface area contributed by atoms with Gasteiger partial charge < -0.3 is 9.13 Å². The number of fused-ring (bicyclic) bond motifs is 7. The molecular weight excluding hydrogens is 296 g/mol. The first kappa shape index (κ1) is 13.8. The molecule has 1 aliphatic rings. The molecule has 0 atom stereocenters. The van der Waals surface area contributed by atoms with Crippen LogP contribution in [0, 0.1) is 0 Å². The molecule has 2 aromatic carbocycles. The highest BCUT2D eigenvalue weighted by Crippen LogP contribution is 2.29. The van der Waals surface area contributed by atoms with Crippen molar-refractivity contribution in [1.29, 1.82) is 0 Å². The molecule has 0 bridgehead atoms. The van der Waals surface area contributed by atoms with Gasteiger partial charge in [-0.1, -0.05) is 37.1 Å². The fourth-order valence-corrected chi connectivity index (χ4v) is 3.84. The normalized spacial score (nSPS) is 15.3. The average molecular weight is 316 g/mol. The van der Waals surface area contributed by atoms with Crippen molar-refractivity contribution in [3.63, 3.8) is 0 Å². The molecule has 120 valence electrons. The first-order chi connectivity index (χ1) is 11.9. The Bertz CT molecular complexity index is 941. The Labute approximate surface area is 140 Å². The highest BCUT2D eigenvalue weighted by Gasteiger charge is 2.20. The van der Waals surface area contributed by atoms with Gasteiger partial charge >= 0.3 is 0 Å². The number of hydrogen-bond donors (Lipinski definition) is 0. The summed E-state index contributed by atoms with van der Waals surface area (Å²) in [5, 5.41) is 0. The van der Waals surface area contributed by atoms with E-state index in [1.807, 2.05) is 0 Å². The van der Waals surface area contributed by atoms with Crippen LogP contribution >= 0.6 is 0 Å². The minimum absolute atomic E-state index is 1.01. The third-order valence-corrected chi connectivity index (χ3v) is 5.02. The number of para-hydroxylation sites is 4. The van der Waals surface area contributed by atoms with Crippen molar-refractivity contribution >= 4 is 22.1 Å². The van der Waals surface area contributed by atoms with Crippen molar-refractivity contribution in [3.05, 3.63) is 48.5 Å². The van der Waals surface area contributed by atoms with E-state index in [1.165, 1.54) is 36.7 Å². The van der Waals surface area contributed by atoms with Gasteiger partial charge in [-0.05, 0) is 37.1 Å². The van der Waals surface area contributed by atoms with Gasteiger partial charge in [0, 0.05) is 13.1 Å². The molecule has 4 nitrogen and oxygen atoms in total. The molecule has 1 aliphatic heterocycles. The number of rotatable bonds is 0. The standard InChI is InChI=1S/C20H20N4/c1-2-8-14-24-18-12-6-4-10-16(18)22-20(24)19-21-15-9-3-5-11-17(15)23(19)13-7-1/h3-6,9-12H,1-2,7-8,13-14H2. The summed E-state index contributed by atoms with van der Waals surface area (Å²) in [6, 6.07) is 16.9. The molecule has 0 saturated heterocycles. The predicted molar refractivity (Wildman–Crippen MR) is 96.9 cm³/mol. The van der Waals surface area contributed by atoms with Crippen molar-refractivity contribution in [2.75, 3.05) is 0 Å². The molecule has 0 unspecified atom stereocenters. The van der Waals surface area contributed by atoms with Crippen LogP contribution in [0.1, 0.15) is 25.7 Å². The summed E-state index contributed by atoms with van der Waals surface area (Å²) in [7, 11) is 0. The van der Waals surface area contributed by atoms with Crippen LogP contribution < -0.4 is 0 Å². The van der Waals surface area contributed by atoms with Crippen LogP contribution in [0.4, 0.5) is 0 Å². The molecular formula is C20H20N4. The molecule has 2 aromatic heterocycles. The molecule has 0 fully saturated rings. The summed E-state index contributed by atoms with van der Waals surface area (Å²) >= 11 is 0. The van der Waals surface area contributed by atoms with E-state index < -0.39 is 0 Å². The lowest BCUT2D eigenvalue weighted by molar-refractivity contribution is 0.538. The van der Waals surface area contributed by atoms with E-state index in [1.54, 1.807) is 0 Å². The summed E-state index contributed by atoms with van der Waals surface area (Å²) in [4.78, 5) is 9.89. The fourth-order valence-electron chi connectivity index (χ4n) is 3.84. The monoisotopic (exact) mass is 316 g/mol. The third-order valence-electron chi connectivity index (χ3n) is 5.02. The number of benzene rings is 2. The number of aryl methyl sites for hydroxylation is 2. The largest absolute Gasteiger partial charge is 0.321 e. The lowest BCUT2D eigenvalue weighted by Crippen LogP contribution is -2.08. The van der Waals surface area contributed by atoms with Crippen LogP contribution in [0.3, 0.4) is 0 Å². The van der Waals surface area contributed by atoms with Gasteiger partial charge in [-0.3, -0.25) is 0 Å². The average Bonchev–Trinajstić information content (AvgIpc) is 3.17. The molecule has 24 heavy (non-hydrogen) atoms. The van der Waals surface area contributed by atoms with Gasteiger partial charge in [-0.25, -0.2) is 9.97 Å². The minimum atomic E-state index is 1.01. The summed E-state index contributed by atoms with van der Waals surface area (Å²) in [6.07, 6.45) is 4.95. The van der Waals surface area contributed by atoms with E-state index in [2.05, 4.69) is 57.7 Å². The van der Waals surface area contributed by atoms with Gasteiger partial charge in [-0.15, -0.1) is 0 Å². The number of hydrogen-bond acceptors (Lipinski definition) is 2. The minimum Gasteiger partial charge on any atom is -0.321 e. The first-order valence-corrected chi connectivity index (χ1v) is 8.83. The maximum atomic E-state index is 4.94. The first-order valence-electron chi connectivity index (χ1n) is 8.83. The van der Waals surface area contributed by atoms with Gasteiger partial charge in [0.2, 0.25) is 0 Å². The molecule has 5 rings (SSSR count). The lowest BCUT2D eigenvalue weighted by Gasteiger charge is -2.14. The molecule has 0 amide bonds. The second-order valence-corrected chi connectivity index (χ2v) is 6.57. The van der Waals surface area contributed by atoms with Crippen LogP contribution in [-0.2, 0) is 13.1 Å². The summed E-state index contributed by atoms with van der Waals surface area (Å²) in [6.45, 7) is 2.03. The topological polar surface area (TPSA) is 35.6 Å². The summed E-state index contributed by atoms with van der Waals surface area (Å²) in [5.74, 6) is 2.02. The van der Waals surface area contributed by atoms with Gasteiger partial charge in [0.1, 0.15) is 0 Å². The van der Waals surface area contributed by atoms with Crippen LogP contribution in [-0.4, -0.2) is 19.1 Å². The van der Waals surface area contributed by atoms with Gasteiger partial charge in [0.05, 0.1) is 22.1 Å². The third kappa shape index (κ3) is 2.06. The zero-order valence-corrected chi connectivity index (χ0v) is 13.7. The molecule has 0 radical (unpaired) electrons. The Morgan fingerprint density at radius 1 is 0.583 bits per heavy atom. The summed E-state index contributed by atoms with van der Waals surface area (Å²) in [5.41, 5.74) is 4.55. The smallest absolute Gasteiger partial charge is 0.177 e. The van der Waals surface area contributed by atoms with Gasteiger partial charge in [0.25, 0.3) is 0 Å². The van der Waals surface area contributed by atoms with E-state index in [4.69, 9.17) is 9.97 Å². The van der Waals surface area contributed by atoms with Crippen molar-refractivity contribution in [2.24, 2.45) is 0 Å². The SMILES string of the molecule is c1ccc2c(c1)nc1n2CCCCCCn2c-1nc1ccccc12. The lowest BCUT2D eigenvalue weighted by atomic mass is 10.1. The maximum Gasteiger partial charge on any atom is 0.177 e. The van der Waals surface area contributed by atoms with Gasteiger partial charge in [-0.2, -0.15) is 0 Å². The molecule has 4 aromatic rings. The molecule has 0 N–H and O–H groups in total. The Morgan fingerprint density at radius 2 is 1.04 bits per heavy atom. The molecule has 0 aliphatic carbocycles. The molecule has 4 heteroatoms. The van der Waals surface area contributed by atoms with Crippen molar-refractivity contribution in [2.45, 2.75) is 38.8 Å². The second kappa shape index (κ2) is 5.48. The van der Waals surface area contributed by atoms with Crippen molar-refractivity contribution < 1.29 is 0 Å². The van der Waals surface area contributed by atoms with Crippen LogP contribution in [0.5, 0.6) is 0 Å². The summed E-state index contributed by atoms with van der Waals surface area (Å²) < 4.78 is 4.72. The Balaban J connectivity index is 1.84. The number of nitrogens with zero attached hydrogens (tertiary/aromatic N) is 4. The van der Waals surface area contributed by atoms with E-state index >= 15 is 0 Å². The maximum absolute atomic E-state index is 4.94. The van der Waals surface area contributed by atoms with E-state index in [0.717, 1.165) is 35.8 Å². The molecule has 0 spiro atoms. The predicted octanol–water partition coefficient (Wildman–Crippen LogP) is 4.63. The van der Waals surface area contributed by atoms with E-state index in [-0.39, 0.29) is 0 Å². The fraction of sp³-hybridized carbons (Fsp3) is 0.300. The van der Waals surface area contributed by atoms with Crippen molar-refractivity contribution in [1.82, 2.24) is 19.1 Å². The van der Waals surface area contributed by atoms with Gasteiger partial charge in [0.15, 0.2) is 11.6 Å². The van der Waals surface area contributed by atoms with E-state index in [0.29, 0.717) is 0 Å². The number of imidazole rings is 2. The Hall–Kier alpha value is -2.62. The highest BCUT2D eigenvalue weighted by molar-refractivity contribution is 5.83. The molecule has 3 heterocycles. The van der Waals surface area contributed by atoms with Crippen LogP contribution in [0.2, 0.25) is 0 Å². The van der Waals surface area contributed by atoms with Crippen LogP contribution in [0.15, 0.2) is 48.5 Å². The number of aromatic nitrogens is 4. The zero-order chi connectivity index (χ0) is 15.9. The quantitative estimate of drug-likeness (QED) is 0.474. The van der Waals surface area contributed by atoms with E-state index in [9.17, 15) is 0 Å². The molecule has 0 saturated carbocycles. The highest BCUT2D eigenvalue weighted by atomic mass is 15.2. The second-order valence-electron chi connectivity index (χ2n) is 6.57. The van der Waals surface area contributed by atoms with Crippen molar-refractivity contribution in [3.8, 4) is 11.6 Å². The Morgan fingerprint density at radius 3 is 1.54 bits per heavy atom. The Kier molecular flexibility index (Phi) is 3.15. The zero-order valence-electron chi connectivity index (χ0n) is 13.7.